The van der Waals surface area contributed by atoms with Gasteiger partial charge in [0.15, 0.2) is 5.58 Å². The number of fused-ring (bicyclic) bond motifs is 1. The molecule has 6 nitrogen and oxygen atoms in total. The second-order valence-corrected chi connectivity index (χ2v) is 7.82. The highest BCUT2D eigenvalue weighted by atomic mass is 16.4. The number of anilines is 1. The van der Waals surface area contributed by atoms with Gasteiger partial charge in [-0.2, -0.15) is 9.98 Å². The van der Waals surface area contributed by atoms with Crippen LogP contribution in [0.3, 0.4) is 0 Å². The summed E-state index contributed by atoms with van der Waals surface area (Å²) in [6.45, 7) is 9.46. The highest BCUT2D eigenvalue weighted by Crippen LogP contribution is 2.25. The molecule has 2 N–H and O–H groups in total. The van der Waals surface area contributed by atoms with Gasteiger partial charge < -0.3 is 19.7 Å². The van der Waals surface area contributed by atoms with Crippen LogP contribution in [0.5, 0.6) is 0 Å². The van der Waals surface area contributed by atoms with Gasteiger partial charge in [0.2, 0.25) is 0 Å². The molecule has 0 unspecified atom stereocenters. The molecule has 0 radical (unpaired) electrons. The van der Waals surface area contributed by atoms with Crippen molar-refractivity contribution in [1.82, 2.24) is 9.88 Å². The molecular weight excluding hydrogens is 388 g/mol. The van der Waals surface area contributed by atoms with E-state index in [9.17, 15) is 0 Å². The maximum Gasteiger partial charge on any atom is 0.324 e. The maximum absolute atomic E-state index is 8.89. The number of aliphatic hydroxyl groups is 1. The minimum atomic E-state index is 0.275. The monoisotopic (exact) mass is 420 g/mol. The zero-order valence-electron chi connectivity index (χ0n) is 18.7. The second-order valence-electron chi connectivity index (χ2n) is 7.82. The second kappa shape index (κ2) is 10.8. The Morgan fingerprint density at radius 3 is 2.71 bits per heavy atom. The van der Waals surface area contributed by atoms with Gasteiger partial charge >= 0.3 is 6.01 Å². The highest BCUT2D eigenvalue weighted by molar-refractivity contribution is 5.96. The van der Waals surface area contributed by atoms with Crippen LogP contribution >= 0.6 is 0 Å². The lowest BCUT2D eigenvalue weighted by atomic mass is 10.1. The number of hydrogen-bond acceptors (Lipinski definition) is 5. The lowest BCUT2D eigenvalue weighted by molar-refractivity contribution is 0.281. The predicted octanol–water partition coefficient (Wildman–Crippen LogP) is 5.75. The first kappa shape index (κ1) is 22.6. The quantitative estimate of drug-likeness (QED) is 0.248. The molecule has 1 aromatic heterocycles. The zero-order chi connectivity index (χ0) is 22.2. The van der Waals surface area contributed by atoms with Gasteiger partial charge in [-0.15, -0.1) is 0 Å². The Bertz CT molecular complexity index is 1020. The van der Waals surface area contributed by atoms with Gasteiger partial charge in [-0.05, 0) is 56.0 Å². The number of aliphatic imine (C=N–C) groups is 1. The Morgan fingerprint density at radius 1 is 1.16 bits per heavy atom. The molecule has 1 heterocycles. The Kier molecular flexibility index (Phi) is 7.84. The van der Waals surface area contributed by atoms with Gasteiger partial charge in [0.25, 0.3) is 0 Å². The number of nitrogens with one attached hydrogen (secondary N) is 1. The average Bonchev–Trinajstić information content (AvgIpc) is 3.16. The summed E-state index contributed by atoms with van der Waals surface area (Å²) in [5, 5.41) is 12.3. The van der Waals surface area contributed by atoms with Crippen molar-refractivity contribution in [2.45, 2.75) is 39.5 Å². The first-order valence-corrected chi connectivity index (χ1v) is 10.8. The van der Waals surface area contributed by atoms with E-state index in [4.69, 9.17) is 9.52 Å². The van der Waals surface area contributed by atoms with E-state index < -0.39 is 0 Å². The highest BCUT2D eigenvalue weighted by Gasteiger charge is 2.09. The van der Waals surface area contributed by atoms with Crippen molar-refractivity contribution in [2.24, 2.45) is 4.99 Å². The topological polar surface area (TPSA) is 73.9 Å². The predicted molar refractivity (Wildman–Crippen MR) is 129 cm³/mol. The third-order valence-electron chi connectivity index (χ3n) is 5.29. The molecule has 0 aliphatic carbocycles. The van der Waals surface area contributed by atoms with Crippen molar-refractivity contribution in [3.8, 4) is 0 Å². The normalized spacial score (nSPS) is 11.7. The average molecular weight is 421 g/mol. The standard InChI is InChI=1S/C25H32N4O2/c1-18-13-14-21(19(2)29(4)15-9-5-6-10-16-30)17-23(18)26-20(3)27-25-28-22-11-7-8-12-24(22)31-25/h7-8,11-14,17,30H,2,5-6,9-10,15-16H2,1,3-4H3,(H,26,27,28). The molecule has 2 aromatic carbocycles. The van der Waals surface area contributed by atoms with Crippen LogP contribution in [-0.4, -0.2) is 41.0 Å². The van der Waals surface area contributed by atoms with Gasteiger partial charge in [0, 0.05) is 31.6 Å². The summed E-state index contributed by atoms with van der Waals surface area (Å²) in [6.07, 6.45) is 4.14. The number of para-hydroxylation sites is 2. The summed E-state index contributed by atoms with van der Waals surface area (Å²) in [7, 11) is 2.07. The molecular formula is C25H32N4O2. The van der Waals surface area contributed by atoms with Gasteiger partial charge in [0.05, 0.1) is 0 Å². The van der Waals surface area contributed by atoms with E-state index >= 15 is 0 Å². The number of rotatable bonds is 10. The molecule has 0 saturated heterocycles. The van der Waals surface area contributed by atoms with Crippen LogP contribution < -0.4 is 5.32 Å². The van der Waals surface area contributed by atoms with E-state index in [1.165, 1.54) is 0 Å². The number of aromatic nitrogens is 1. The lowest BCUT2D eigenvalue weighted by Crippen LogP contribution is -2.18. The number of benzene rings is 2. The summed E-state index contributed by atoms with van der Waals surface area (Å²) >= 11 is 0. The summed E-state index contributed by atoms with van der Waals surface area (Å²) in [6, 6.07) is 14.3. The molecule has 6 heteroatoms. The molecule has 0 saturated carbocycles. The summed E-state index contributed by atoms with van der Waals surface area (Å²) in [4.78, 5) is 11.1. The molecule has 3 rings (SSSR count). The largest absolute Gasteiger partial charge is 0.422 e. The molecule has 0 fully saturated rings. The molecule has 0 bridgehead atoms. The number of aryl methyl sites for hydroxylation is 1. The Morgan fingerprint density at radius 2 is 1.94 bits per heavy atom. The third-order valence-corrected chi connectivity index (χ3v) is 5.29. The number of unbranched alkanes of at least 4 members (excludes halogenated alkanes) is 3. The lowest BCUT2D eigenvalue weighted by Gasteiger charge is -2.23. The van der Waals surface area contributed by atoms with Gasteiger partial charge in [-0.3, -0.25) is 0 Å². The van der Waals surface area contributed by atoms with Crippen molar-refractivity contribution in [3.05, 3.63) is 60.2 Å². The summed E-state index contributed by atoms with van der Waals surface area (Å²) < 4.78 is 5.69. The van der Waals surface area contributed by atoms with Crippen LogP contribution in [0.25, 0.3) is 16.8 Å². The Balaban J connectivity index is 1.66. The van der Waals surface area contributed by atoms with E-state index in [0.29, 0.717) is 11.9 Å². The number of amidine groups is 1. The fraction of sp³-hybridized carbons (Fsp3) is 0.360. The summed E-state index contributed by atoms with van der Waals surface area (Å²) in [5.74, 6) is 0.703. The van der Waals surface area contributed by atoms with Crippen molar-refractivity contribution >= 4 is 34.3 Å². The van der Waals surface area contributed by atoms with Crippen molar-refractivity contribution in [2.75, 3.05) is 25.5 Å². The number of oxazole rings is 1. The smallest absolute Gasteiger partial charge is 0.324 e. The number of hydrogen-bond donors (Lipinski definition) is 2. The minimum Gasteiger partial charge on any atom is -0.422 e. The molecule has 0 spiro atoms. The van der Waals surface area contributed by atoms with Crippen LogP contribution in [0.15, 0.2) is 58.5 Å². The number of aliphatic hydroxyl groups excluding tert-OH is 1. The number of nitrogens with zero attached hydrogens (tertiary/aromatic N) is 3. The van der Waals surface area contributed by atoms with Crippen LogP contribution in [0.1, 0.15) is 43.7 Å². The fourth-order valence-corrected chi connectivity index (χ4v) is 3.38. The Hall–Kier alpha value is -3.12. The van der Waals surface area contributed by atoms with Gasteiger partial charge in [0.1, 0.15) is 11.4 Å². The first-order chi connectivity index (χ1) is 15.0. The van der Waals surface area contributed by atoms with Crippen molar-refractivity contribution < 1.29 is 9.52 Å². The molecule has 0 aliphatic rings. The van der Waals surface area contributed by atoms with E-state index in [2.05, 4.69) is 58.9 Å². The molecule has 3 aromatic rings. The molecule has 164 valence electrons. The first-order valence-electron chi connectivity index (χ1n) is 10.8. The minimum absolute atomic E-state index is 0.275. The van der Waals surface area contributed by atoms with Gasteiger partial charge in [-0.1, -0.05) is 43.7 Å². The van der Waals surface area contributed by atoms with E-state index in [1.807, 2.05) is 31.2 Å². The van der Waals surface area contributed by atoms with Crippen LogP contribution in [0, 0.1) is 6.92 Å². The SMILES string of the molecule is C=C(c1ccc(C)c(N/C(C)=N/c2nc3ccccc3o2)c1)N(C)CCCCCCO. The maximum atomic E-state index is 8.89. The van der Waals surface area contributed by atoms with Crippen molar-refractivity contribution in [1.29, 1.82) is 0 Å². The molecule has 0 aliphatic heterocycles. The zero-order valence-corrected chi connectivity index (χ0v) is 18.7. The Labute approximate surface area is 184 Å². The van der Waals surface area contributed by atoms with Gasteiger partial charge in [-0.25, -0.2) is 0 Å². The third kappa shape index (κ3) is 6.18. The van der Waals surface area contributed by atoms with Crippen molar-refractivity contribution in [3.63, 3.8) is 0 Å². The van der Waals surface area contributed by atoms with E-state index in [-0.39, 0.29) is 6.61 Å². The molecule has 0 atom stereocenters. The van der Waals surface area contributed by atoms with Crippen LogP contribution in [0.2, 0.25) is 0 Å². The van der Waals surface area contributed by atoms with E-state index in [0.717, 1.165) is 65.8 Å². The summed E-state index contributed by atoms with van der Waals surface area (Å²) in [5.41, 5.74) is 5.67. The fourth-order valence-electron chi connectivity index (χ4n) is 3.38. The molecule has 0 amide bonds. The molecule has 31 heavy (non-hydrogen) atoms. The van der Waals surface area contributed by atoms with E-state index in [1.54, 1.807) is 0 Å². The van der Waals surface area contributed by atoms with Crippen LogP contribution in [-0.2, 0) is 0 Å². The van der Waals surface area contributed by atoms with Crippen LogP contribution in [0.4, 0.5) is 11.7 Å².